The Labute approximate surface area is 125 Å². The number of ketones is 1. The van der Waals surface area contributed by atoms with Crippen LogP contribution in [0.5, 0.6) is 0 Å². The van der Waals surface area contributed by atoms with Crippen molar-refractivity contribution in [2.75, 3.05) is 0 Å². The number of nitrogens with one attached hydrogen (secondary N) is 1. The zero-order valence-corrected chi connectivity index (χ0v) is 12.8. The molecule has 0 aliphatic heterocycles. The van der Waals surface area contributed by atoms with E-state index >= 15 is 0 Å². The maximum Gasteiger partial charge on any atom is 0.195 e. The van der Waals surface area contributed by atoms with E-state index in [0.717, 1.165) is 32.2 Å². The number of carbonyl (C=O) groups is 1. The fourth-order valence-corrected chi connectivity index (χ4v) is 2.62. The van der Waals surface area contributed by atoms with Crippen molar-refractivity contribution in [2.24, 2.45) is 0 Å². The summed E-state index contributed by atoms with van der Waals surface area (Å²) < 4.78 is 0.861. The smallest absolute Gasteiger partial charge is 0.195 e. The SMILES string of the molecule is Cc1ccc(C)c(C(=O)c2c[nH]c3ncc(Br)cc23)c1. The number of rotatable bonds is 2. The summed E-state index contributed by atoms with van der Waals surface area (Å²) in [5.41, 5.74) is 4.19. The lowest BCUT2D eigenvalue weighted by atomic mass is 9.97. The topological polar surface area (TPSA) is 45.8 Å². The number of benzene rings is 1. The van der Waals surface area contributed by atoms with E-state index in [1.807, 2.05) is 38.1 Å². The Kier molecular flexibility index (Phi) is 3.18. The van der Waals surface area contributed by atoms with E-state index in [4.69, 9.17) is 0 Å². The van der Waals surface area contributed by atoms with Crippen LogP contribution < -0.4 is 0 Å². The summed E-state index contributed by atoms with van der Waals surface area (Å²) >= 11 is 3.40. The maximum absolute atomic E-state index is 12.7. The molecular weight excluding hydrogens is 316 g/mol. The molecule has 0 spiro atoms. The molecule has 0 saturated heterocycles. The summed E-state index contributed by atoms with van der Waals surface area (Å²) in [6.45, 7) is 3.94. The summed E-state index contributed by atoms with van der Waals surface area (Å²) in [5.74, 6) is 0.0253. The van der Waals surface area contributed by atoms with E-state index < -0.39 is 0 Å². The Balaban J connectivity index is 2.17. The molecule has 2 heterocycles. The summed E-state index contributed by atoms with van der Waals surface area (Å²) in [5, 5.41) is 0.838. The van der Waals surface area contributed by atoms with Gasteiger partial charge >= 0.3 is 0 Å². The first kappa shape index (κ1) is 13.1. The van der Waals surface area contributed by atoms with Crippen molar-refractivity contribution in [3.63, 3.8) is 0 Å². The summed E-state index contributed by atoms with van der Waals surface area (Å²) in [7, 11) is 0. The highest BCUT2D eigenvalue weighted by molar-refractivity contribution is 9.10. The minimum absolute atomic E-state index is 0.0253. The number of aryl methyl sites for hydroxylation is 2. The predicted octanol–water partition coefficient (Wildman–Crippen LogP) is 4.17. The van der Waals surface area contributed by atoms with Crippen LogP contribution >= 0.6 is 15.9 Å². The number of hydrogen-bond donors (Lipinski definition) is 1. The van der Waals surface area contributed by atoms with Crippen LogP contribution in [0.2, 0.25) is 0 Å². The Morgan fingerprint density at radius 1 is 1.20 bits per heavy atom. The van der Waals surface area contributed by atoms with Gasteiger partial charge in [0.1, 0.15) is 5.65 Å². The van der Waals surface area contributed by atoms with Gasteiger partial charge in [-0.1, -0.05) is 17.7 Å². The van der Waals surface area contributed by atoms with Crippen LogP contribution in [-0.2, 0) is 0 Å². The summed E-state index contributed by atoms with van der Waals surface area (Å²) in [6, 6.07) is 7.84. The Bertz CT molecular complexity index is 820. The van der Waals surface area contributed by atoms with Crippen molar-refractivity contribution in [1.82, 2.24) is 9.97 Å². The van der Waals surface area contributed by atoms with Crippen molar-refractivity contribution >= 4 is 32.7 Å². The molecule has 0 aliphatic carbocycles. The number of nitrogens with zero attached hydrogens (tertiary/aromatic N) is 1. The normalized spacial score (nSPS) is 10.9. The van der Waals surface area contributed by atoms with Crippen LogP contribution in [-0.4, -0.2) is 15.8 Å². The van der Waals surface area contributed by atoms with Crippen molar-refractivity contribution in [2.45, 2.75) is 13.8 Å². The van der Waals surface area contributed by atoms with Crippen molar-refractivity contribution in [1.29, 1.82) is 0 Å². The molecule has 4 heteroatoms. The number of hydrogen-bond acceptors (Lipinski definition) is 2. The molecule has 2 aromatic heterocycles. The highest BCUT2D eigenvalue weighted by atomic mass is 79.9. The Morgan fingerprint density at radius 3 is 2.80 bits per heavy atom. The molecule has 3 aromatic rings. The van der Waals surface area contributed by atoms with Gasteiger partial charge in [-0.05, 0) is 47.5 Å². The second-order valence-electron chi connectivity index (χ2n) is 4.90. The predicted molar refractivity (Wildman–Crippen MR) is 83.1 cm³/mol. The molecule has 100 valence electrons. The quantitative estimate of drug-likeness (QED) is 0.717. The van der Waals surface area contributed by atoms with Gasteiger partial charge in [0.05, 0.1) is 0 Å². The fraction of sp³-hybridized carbons (Fsp3) is 0.125. The molecule has 0 atom stereocenters. The lowest BCUT2D eigenvalue weighted by Crippen LogP contribution is -2.03. The lowest BCUT2D eigenvalue weighted by molar-refractivity contribution is 0.103. The van der Waals surface area contributed by atoms with Crippen LogP contribution in [0.4, 0.5) is 0 Å². The number of H-pyrrole nitrogens is 1. The molecule has 0 aliphatic rings. The molecule has 0 unspecified atom stereocenters. The largest absolute Gasteiger partial charge is 0.345 e. The van der Waals surface area contributed by atoms with E-state index in [1.165, 1.54) is 0 Å². The summed E-state index contributed by atoms with van der Waals surface area (Å²) in [4.78, 5) is 20.1. The molecule has 0 fully saturated rings. The van der Waals surface area contributed by atoms with Crippen LogP contribution in [0.3, 0.4) is 0 Å². The summed E-state index contributed by atoms with van der Waals surface area (Å²) in [6.07, 6.45) is 3.44. The van der Waals surface area contributed by atoms with E-state index in [9.17, 15) is 4.79 Å². The molecule has 3 nitrogen and oxygen atoms in total. The molecule has 0 bridgehead atoms. The minimum atomic E-state index is 0.0253. The number of carbonyl (C=O) groups excluding carboxylic acids is 1. The number of aromatic nitrogens is 2. The third-order valence-electron chi connectivity index (χ3n) is 3.38. The van der Waals surface area contributed by atoms with Gasteiger partial charge in [0.15, 0.2) is 5.78 Å². The maximum atomic E-state index is 12.7. The molecule has 3 rings (SSSR count). The average molecular weight is 329 g/mol. The molecule has 0 amide bonds. The van der Waals surface area contributed by atoms with Gasteiger partial charge < -0.3 is 4.98 Å². The van der Waals surface area contributed by atoms with Crippen molar-refractivity contribution < 1.29 is 4.79 Å². The zero-order valence-electron chi connectivity index (χ0n) is 11.2. The van der Waals surface area contributed by atoms with Crippen molar-refractivity contribution in [3.8, 4) is 0 Å². The number of pyridine rings is 1. The van der Waals surface area contributed by atoms with Crippen molar-refractivity contribution in [3.05, 3.63) is 63.4 Å². The van der Waals surface area contributed by atoms with Crippen LogP contribution in [0.15, 0.2) is 41.1 Å². The first-order valence-corrected chi connectivity index (χ1v) is 7.10. The highest BCUT2D eigenvalue weighted by Crippen LogP contribution is 2.24. The number of halogens is 1. The standard InChI is InChI=1S/C16H13BrN2O/c1-9-3-4-10(2)12(5-9)15(20)14-8-19-16-13(14)6-11(17)7-18-16/h3-8H,1-2H3,(H,18,19). The first-order valence-electron chi connectivity index (χ1n) is 6.31. The lowest BCUT2D eigenvalue weighted by Gasteiger charge is -2.05. The zero-order chi connectivity index (χ0) is 14.3. The molecular formula is C16H13BrN2O. The molecule has 1 aromatic carbocycles. The van der Waals surface area contributed by atoms with Crippen LogP contribution in [0.25, 0.3) is 11.0 Å². The number of aromatic amines is 1. The third-order valence-corrected chi connectivity index (χ3v) is 3.81. The van der Waals surface area contributed by atoms with Gasteiger partial charge in [-0.15, -0.1) is 0 Å². The average Bonchev–Trinajstić information content (AvgIpc) is 2.83. The Hall–Kier alpha value is -1.94. The van der Waals surface area contributed by atoms with Gasteiger partial charge in [-0.25, -0.2) is 4.98 Å². The molecule has 0 saturated carbocycles. The van der Waals surface area contributed by atoms with Crippen LogP contribution in [0.1, 0.15) is 27.0 Å². The minimum Gasteiger partial charge on any atom is -0.345 e. The van der Waals surface area contributed by atoms with E-state index in [2.05, 4.69) is 25.9 Å². The molecule has 0 radical (unpaired) electrons. The first-order chi connectivity index (χ1) is 9.56. The third kappa shape index (κ3) is 2.16. The van der Waals surface area contributed by atoms with Gasteiger partial charge in [-0.2, -0.15) is 0 Å². The monoisotopic (exact) mass is 328 g/mol. The second kappa shape index (κ2) is 4.87. The second-order valence-corrected chi connectivity index (χ2v) is 5.82. The van der Waals surface area contributed by atoms with E-state index in [1.54, 1.807) is 12.4 Å². The molecule has 20 heavy (non-hydrogen) atoms. The van der Waals surface area contributed by atoms with Gasteiger partial charge in [0.2, 0.25) is 0 Å². The van der Waals surface area contributed by atoms with E-state index in [-0.39, 0.29) is 5.78 Å². The number of fused-ring (bicyclic) bond motifs is 1. The van der Waals surface area contributed by atoms with E-state index in [0.29, 0.717) is 5.56 Å². The van der Waals surface area contributed by atoms with Gasteiger partial charge in [0, 0.05) is 33.4 Å². The van der Waals surface area contributed by atoms with Gasteiger partial charge in [-0.3, -0.25) is 4.79 Å². The van der Waals surface area contributed by atoms with Gasteiger partial charge in [0.25, 0.3) is 0 Å². The van der Waals surface area contributed by atoms with Crippen LogP contribution in [0, 0.1) is 13.8 Å². The highest BCUT2D eigenvalue weighted by Gasteiger charge is 2.16. The fourth-order valence-electron chi connectivity index (χ4n) is 2.29. The molecule has 1 N–H and O–H groups in total. The Morgan fingerprint density at radius 2 is 2.00 bits per heavy atom.